The minimum atomic E-state index is -0.294. The minimum absolute atomic E-state index is 0.294. The Bertz CT molecular complexity index is 369. The highest BCUT2D eigenvalue weighted by Crippen LogP contribution is 2.24. The van der Waals surface area contributed by atoms with Crippen molar-refractivity contribution in [2.45, 2.75) is 20.8 Å². The molecule has 0 aliphatic heterocycles. The molecule has 82 valence electrons. The number of esters is 1. The highest BCUT2D eigenvalue weighted by Gasteiger charge is 2.13. The Morgan fingerprint density at radius 3 is 2.53 bits per heavy atom. The minimum Gasteiger partial charge on any atom is -0.496 e. The number of hydrogen-bond donors (Lipinski definition) is 0. The van der Waals surface area contributed by atoms with E-state index >= 15 is 0 Å². The van der Waals surface area contributed by atoms with Gasteiger partial charge in [-0.25, -0.2) is 4.79 Å². The fourth-order valence-electron chi connectivity index (χ4n) is 1.46. The summed E-state index contributed by atoms with van der Waals surface area (Å²) in [5.74, 6) is 0.426. The number of hydrogen-bond acceptors (Lipinski definition) is 3. The first-order valence-electron chi connectivity index (χ1n) is 4.92. The lowest BCUT2D eigenvalue weighted by Crippen LogP contribution is -2.08. The second-order valence-corrected chi connectivity index (χ2v) is 3.36. The summed E-state index contributed by atoms with van der Waals surface area (Å²) in [6.45, 7) is 5.95. The predicted molar refractivity (Wildman–Crippen MR) is 58.4 cm³/mol. The quantitative estimate of drug-likeness (QED) is 0.716. The van der Waals surface area contributed by atoms with Crippen LogP contribution in [0.2, 0.25) is 0 Å². The van der Waals surface area contributed by atoms with Crippen LogP contribution in [-0.2, 0) is 4.74 Å². The molecule has 0 spiro atoms. The molecule has 0 heterocycles. The predicted octanol–water partition coefficient (Wildman–Crippen LogP) is 2.49. The smallest absolute Gasteiger partial charge is 0.338 e. The molecule has 1 aromatic rings. The Morgan fingerprint density at radius 1 is 1.33 bits per heavy atom. The number of rotatable bonds is 3. The summed E-state index contributed by atoms with van der Waals surface area (Å²) < 4.78 is 10.2. The lowest BCUT2D eigenvalue weighted by atomic mass is 10.0. The first kappa shape index (κ1) is 11.6. The van der Waals surface area contributed by atoms with Gasteiger partial charge in [0.05, 0.1) is 19.3 Å². The maximum atomic E-state index is 11.6. The van der Waals surface area contributed by atoms with E-state index in [-0.39, 0.29) is 5.97 Å². The van der Waals surface area contributed by atoms with Gasteiger partial charge < -0.3 is 9.47 Å². The molecule has 0 amide bonds. The van der Waals surface area contributed by atoms with E-state index in [1.54, 1.807) is 14.0 Å². The molecule has 3 nitrogen and oxygen atoms in total. The zero-order valence-electron chi connectivity index (χ0n) is 9.59. The van der Waals surface area contributed by atoms with Crippen molar-refractivity contribution in [2.24, 2.45) is 0 Å². The SMILES string of the molecule is CCOC(=O)c1cc(C)cc(OC)c1C. The summed E-state index contributed by atoms with van der Waals surface area (Å²) in [6, 6.07) is 3.72. The van der Waals surface area contributed by atoms with Crippen molar-refractivity contribution in [3.05, 3.63) is 28.8 Å². The van der Waals surface area contributed by atoms with E-state index in [2.05, 4.69) is 0 Å². The van der Waals surface area contributed by atoms with E-state index in [1.165, 1.54) is 0 Å². The molecule has 0 fully saturated rings. The Hall–Kier alpha value is -1.51. The van der Waals surface area contributed by atoms with Crippen LogP contribution in [0, 0.1) is 13.8 Å². The topological polar surface area (TPSA) is 35.5 Å². The monoisotopic (exact) mass is 208 g/mol. The van der Waals surface area contributed by atoms with E-state index in [0.717, 1.165) is 16.9 Å². The van der Waals surface area contributed by atoms with Crippen LogP contribution >= 0.6 is 0 Å². The van der Waals surface area contributed by atoms with Gasteiger partial charge in [0.15, 0.2) is 0 Å². The third-order valence-corrected chi connectivity index (χ3v) is 2.22. The van der Waals surface area contributed by atoms with Gasteiger partial charge in [-0.15, -0.1) is 0 Å². The summed E-state index contributed by atoms with van der Waals surface area (Å²) >= 11 is 0. The van der Waals surface area contributed by atoms with E-state index in [4.69, 9.17) is 9.47 Å². The zero-order valence-corrected chi connectivity index (χ0v) is 9.59. The maximum Gasteiger partial charge on any atom is 0.338 e. The number of benzene rings is 1. The summed E-state index contributed by atoms with van der Waals surface area (Å²) in [5, 5.41) is 0. The molecule has 3 heteroatoms. The van der Waals surface area contributed by atoms with Crippen molar-refractivity contribution in [2.75, 3.05) is 13.7 Å². The highest BCUT2D eigenvalue weighted by atomic mass is 16.5. The van der Waals surface area contributed by atoms with Crippen molar-refractivity contribution in [1.82, 2.24) is 0 Å². The Kier molecular flexibility index (Phi) is 3.72. The van der Waals surface area contributed by atoms with Gasteiger partial charge >= 0.3 is 5.97 Å². The van der Waals surface area contributed by atoms with Crippen LogP contribution in [0.15, 0.2) is 12.1 Å². The lowest BCUT2D eigenvalue weighted by Gasteiger charge is -2.10. The van der Waals surface area contributed by atoms with Crippen molar-refractivity contribution in [3.63, 3.8) is 0 Å². The molecule has 0 N–H and O–H groups in total. The fraction of sp³-hybridized carbons (Fsp3) is 0.417. The average molecular weight is 208 g/mol. The van der Waals surface area contributed by atoms with Gasteiger partial charge in [0.25, 0.3) is 0 Å². The standard InChI is InChI=1S/C12H16O3/c1-5-15-12(13)10-6-8(2)7-11(14-4)9(10)3/h6-7H,5H2,1-4H3. The van der Waals surface area contributed by atoms with Gasteiger partial charge in [-0.3, -0.25) is 0 Å². The second-order valence-electron chi connectivity index (χ2n) is 3.36. The molecule has 0 atom stereocenters. The highest BCUT2D eigenvalue weighted by molar-refractivity contribution is 5.92. The Morgan fingerprint density at radius 2 is 2.00 bits per heavy atom. The molecule has 0 unspecified atom stereocenters. The van der Waals surface area contributed by atoms with E-state index in [0.29, 0.717) is 12.2 Å². The molecule has 0 bridgehead atoms. The Balaban J connectivity index is 3.17. The first-order chi connectivity index (χ1) is 7.10. The molecule has 0 aliphatic carbocycles. The third-order valence-electron chi connectivity index (χ3n) is 2.22. The second kappa shape index (κ2) is 4.82. The van der Waals surface area contributed by atoms with Crippen LogP contribution in [0.1, 0.15) is 28.4 Å². The summed E-state index contributed by atoms with van der Waals surface area (Å²) in [5.41, 5.74) is 2.38. The number of carbonyl (C=O) groups is 1. The number of methoxy groups -OCH3 is 1. The number of ether oxygens (including phenoxy) is 2. The van der Waals surface area contributed by atoms with Crippen LogP contribution in [0.3, 0.4) is 0 Å². The third kappa shape index (κ3) is 2.49. The van der Waals surface area contributed by atoms with Gasteiger partial charge in [-0.05, 0) is 38.5 Å². The molecular weight excluding hydrogens is 192 g/mol. The number of carbonyl (C=O) groups excluding carboxylic acids is 1. The van der Waals surface area contributed by atoms with Crippen molar-refractivity contribution in [1.29, 1.82) is 0 Å². The van der Waals surface area contributed by atoms with Gasteiger partial charge in [0.2, 0.25) is 0 Å². The van der Waals surface area contributed by atoms with Gasteiger partial charge in [0.1, 0.15) is 5.75 Å². The summed E-state index contributed by atoms with van der Waals surface area (Å²) in [6.07, 6.45) is 0. The van der Waals surface area contributed by atoms with Gasteiger partial charge in [-0.2, -0.15) is 0 Å². The zero-order chi connectivity index (χ0) is 11.4. The largest absolute Gasteiger partial charge is 0.496 e. The van der Waals surface area contributed by atoms with E-state index in [9.17, 15) is 4.79 Å². The molecule has 1 rings (SSSR count). The van der Waals surface area contributed by atoms with Gasteiger partial charge in [-0.1, -0.05) is 0 Å². The molecule has 15 heavy (non-hydrogen) atoms. The summed E-state index contributed by atoms with van der Waals surface area (Å²) in [7, 11) is 1.59. The normalized spacial score (nSPS) is 9.87. The van der Waals surface area contributed by atoms with Crippen molar-refractivity contribution < 1.29 is 14.3 Å². The lowest BCUT2D eigenvalue weighted by molar-refractivity contribution is 0.0525. The van der Waals surface area contributed by atoms with Crippen molar-refractivity contribution >= 4 is 5.97 Å². The average Bonchev–Trinajstić information content (AvgIpc) is 2.21. The van der Waals surface area contributed by atoms with Crippen LogP contribution in [-0.4, -0.2) is 19.7 Å². The van der Waals surface area contributed by atoms with Crippen LogP contribution < -0.4 is 4.74 Å². The first-order valence-corrected chi connectivity index (χ1v) is 4.92. The molecule has 0 saturated carbocycles. The van der Waals surface area contributed by atoms with Crippen LogP contribution in [0.5, 0.6) is 5.75 Å². The van der Waals surface area contributed by atoms with Gasteiger partial charge in [0, 0.05) is 5.56 Å². The number of aryl methyl sites for hydroxylation is 1. The molecule has 0 aromatic heterocycles. The molecule has 0 saturated heterocycles. The van der Waals surface area contributed by atoms with E-state index in [1.807, 2.05) is 26.0 Å². The molecular formula is C12H16O3. The van der Waals surface area contributed by atoms with E-state index < -0.39 is 0 Å². The Labute approximate surface area is 90.0 Å². The van der Waals surface area contributed by atoms with Crippen LogP contribution in [0.25, 0.3) is 0 Å². The van der Waals surface area contributed by atoms with Crippen molar-refractivity contribution in [3.8, 4) is 5.75 Å². The molecule has 1 aromatic carbocycles. The summed E-state index contributed by atoms with van der Waals surface area (Å²) in [4.78, 5) is 11.6. The molecule has 0 aliphatic rings. The fourth-order valence-corrected chi connectivity index (χ4v) is 1.46. The maximum absolute atomic E-state index is 11.6. The van der Waals surface area contributed by atoms with Crippen LogP contribution in [0.4, 0.5) is 0 Å². The molecule has 0 radical (unpaired) electrons.